The van der Waals surface area contributed by atoms with E-state index in [0.29, 0.717) is 12.2 Å². The molecule has 0 aromatic heterocycles. The molecule has 1 aromatic carbocycles. The number of nitrogens with zero attached hydrogens (tertiary/aromatic N) is 1. The van der Waals surface area contributed by atoms with E-state index >= 15 is 0 Å². The van der Waals surface area contributed by atoms with Crippen molar-refractivity contribution in [2.75, 3.05) is 27.2 Å². The van der Waals surface area contributed by atoms with Gasteiger partial charge in [0.15, 0.2) is 0 Å². The number of carbonyl (C=O) groups excluding carboxylic acids is 2. The number of nitrogens with one attached hydrogen (secondary N) is 1. The molecule has 12 nitrogen and oxygen atoms in total. The zero-order valence-corrected chi connectivity index (χ0v) is 23.8. The van der Waals surface area contributed by atoms with Crippen LogP contribution in [0.15, 0.2) is 6.07 Å². The number of rotatable bonds is 10. The van der Waals surface area contributed by atoms with Crippen LogP contribution in [-0.2, 0) is 9.63 Å². The summed E-state index contributed by atoms with van der Waals surface area (Å²) in [6.07, 6.45) is -6.50. The minimum absolute atomic E-state index is 0.0864. The summed E-state index contributed by atoms with van der Waals surface area (Å²) >= 11 is 5.32. The molecule has 0 unspecified atom stereocenters. The quantitative estimate of drug-likeness (QED) is 0.115. The van der Waals surface area contributed by atoms with Crippen LogP contribution < -0.4 is 5.32 Å². The van der Waals surface area contributed by atoms with Crippen LogP contribution in [0.25, 0.3) is 0 Å². The van der Waals surface area contributed by atoms with Gasteiger partial charge in [0, 0.05) is 24.3 Å². The van der Waals surface area contributed by atoms with Crippen LogP contribution in [0.5, 0.6) is 0 Å². The molecule has 0 aliphatic carbocycles. The van der Waals surface area contributed by atoms with Gasteiger partial charge < -0.3 is 40.8 Å². The van der Waals surface area contributed by atoms with E-state index in [1.807, 2.05) is 45.2 Å². The third-order valence-corrected chi connectivity index (χ3v) is 7.35. The molecule has 0 fully saturated rings. The number of carbonyl (C=O) groups is 3. The second-order valence-electron chi connectivity index (χ2n) is 6.98. The van der Waals surface area contributed by atoms with Crippen LogP contribution in [0.1, 0.15) is 27.1 Å². The van der Waals surface area contributed by atoms with Gasteiger partial charge in [0.05, 0.1) is 30.3 Å². The van der Waals surface area contributed by atoms with Gasteiger partial charge in [-0.3, -0.25) is 4.79 Å². The van der Waals surface area contributed by atoms with Crippen molar-refractivity contribution < 1.29 is 49.9 Å². The first-order chi connectivity index (χ1) is 15.2. The van der Waals surface area contributed by atoms with E-state index in [-0.39, 0.29) is 21.2 Å². The highest BCUT2D eigenvalue weighted by Gasteiger charge is 2.44. The Kier molecular flexibility index (Phi) is 12.1. The first-order valence-corrected chi connectivity index (χ1v) is 12.4. The van der Waals surface area contributed by atoms with Gasteiger partial charge in [-0.1, -0.05) is 0 Å². The van der Waals surface area contributed by atoms with Crippen molar-refractivity contribution in [3.8, 4) is 0 Å². The zero-order chi connectivity index (χ0) is 25.7. The first-order valence-electron chi connectivity index (χ1n) is 9.13. The molecule has 15 heteroatoms. The summed E-state index contributed by atoms with van der Waals surface area (Å²) in [6.45, 7) is -1.29. The lowest BCUT2D eigenvalue weighted by Gasteiger charge is -2.35. The van der Waals surface area contributed by atoms with Crippen molar-refractivity contribution in [2.45, 2.75) is 30.3 Å². The number of carboxylic acid groups (broad SMARTS) is 1. The topological polar surface area (TPSA) is 197 Å². The van der Waals surface area contributed by atoms with Crippen molar-refractivity contribution in [1.82, 2.24) is 10.4 Å². The molecule has 186 valence electrons. The SMILES string of the molecule is CNC[C@H](O)[C@@H](O)[C@H](O)[C@@](O)(CO)CC(=O)N(C)OC(=O)c1c(I)cc(I)c(C(=O)O)c1I. The van der Waals surface area contributed by atoms with E-state index in [9.17, 15) is 45.0 Å². The van der Waals surface area contributed by atoms with Crippen LogP contribution in [-0.4, -0.2) is 105 Å². The molecule has 0 aliphatic heterocycles. The summed E-state index contributed by atoms with van der Waals surface area (Å²) < 4.78 is 0.878. The molecule has 0 aliphatic rings. The number of aliphatic hydroxyl groups is 5. The Labute approximate surface area is 229 Å². The lowest BCUT2D eigenvalue weighted by atomic mass is 9.87. The molecule has 4 atom stereocenters. The van der Waals surface area contributed by atoms with Crippen LogP contribution in [0, 0.1) is 10.7 Å². The largest absolute Gasteiger partial charge is 0.478 e. The summed E-state index contributed by atoms with van der Waals surface area (Å²) in [6, 6.07) is 1.46. The molecular weight excluding hydrogens is 785 g/mol. The lowest BCUT2D eigenvalue weighted by Crippen LogP contribution is -2.58. The number of likely N-dealkylation sites (N-methyl/N-ethyl adjacent to an activating group) is 1. The van der Waals surface area contributed by atoms with E-state index < -0.39 is 54.8 Å². The van der Waals surface area contributed by atoms with Crippen LogP contribution in [0.4, 0.5) is 0 Å². The maximum absolute atomic E-state index is 12.7. The maximum Gasteiger partial charge on any atom is 0.365 e. The fourth-order valence-electron chi connectivity index (χ4n) is 2.68. The van der Waals surface area contributed by atoms with Gasteiger partial charge in [0.2, 0.25) is 0 Å². The Hall–Kier alpha value is -0.420. The zero-order valence-electron chi connectivity index (χ0n) is 17.3. The third-order valence-electron chi connectivity index (χ3n) is 4.57. The second kappa shape index (κ2) is 13.0. The molecule has 7 N–H and O–H groups in total. The number of carboxylic acids is 1. The van der Waals surface area contributed by atoms with E-state index in [4.69, 9.17) is 4.84 Å². The van der Waals surface area contributed by atoms with Gasteiger partial charge in [-0.2, -0.15) is 5.06 Å². The molecule has 0 saturated carbocycles. The number of hydroxylamine groups is 2. The molecule has 0 radical (unpaired) electrons. The smallest absolute Gasteiger partial charge is 0.365 e. The number of hydrogen-bond donors (Lipinski definition) is 7. The van der Waals surface area contributed by atoms with Gasteiger partial charge >= 0.3 is 11.9 Å². The minimum Gasteiger partial charge on any atom is -0.478 e. The van der Waals surface area contributed by atoms with Crippen molar-refractivity contribution in [3.05, 3.63) is 27.9 Å². The summed E-state index contributed by atoms with van der Waals surface area (Å²) in [5.41, 5.74) is -2.75. The van der Waals surface area contributed by atoms with Crippen LogP contribution >= 0.6 is 67.8 Å². The number of halogens is 3. The van der Waals surface area contributed by atoms with Crippen LogP contribution in [0.3, 0.4) is 0 Å². The number of benzene rings is 1. The normalized spacial score (nSPS) is 15.8. The monoisotopic (exact) mass is 808 g/mol. The van der Waals surface area contributed by atoms with Gasteiger partial charge in [0.1, 0.15) is 17.8 Å². The first kappa shape index (κ1) is 30.6. The summed E-state index contributed by atoms with van der Waals surface area (Å²) in [5.74, 6) is -3.35. The molecule has 33 heavy (non-hydrogen) atoms. The van der Waals surface area contributed by atoms with E-state index in [1.54, 1.807) is 22.6 Å². The van der Waals surface area contributed by atoms with E-state index in [0.717, 1.165) is 7.05 Å². The Bertz CT molecular complexity index is 903. The third kappa shape index (κ3) is 7.53. The molecule has 0 bridgehead atoms. The number of aliphatic hydroxyl groups excluding tert-OH is 4. The highest BCUT2D eigenvalue weighted by atomic mass is 127. The fraction of sp³-hybridized carbons (Fsp3) is 0.500. The van der Waals surface area contributed by atoms with Crippen molar-refractivity contribution >= 4 is 85.6 Å². The number of amides is 1. The predicted octanol–water partition coefficient (Wildman–Crippen LogP) is -0.856. The molecule has 0 spiro atoms. The standard InChI is InChI=1S/C18H23I3N2O10/c1-22-5-9(25)14(27)15(28)18(32,6-24)4-10(26)23(2)33-17(31)12-8(20)3-7(19)11(13(12)21)16(29)30/h3,9,14-15,22,24-25,27-28,32H,4-6H2,1-2H3,(H,29,30)/t9-,14+,15-,18-/m0/s1. The number of aromatic carboxylic acids is 1. The minimum atomic E-state index is -2.56. The van der Waals surface area contributed by atoms with Gasteiger partial charge in [-0.15, -0.1) is 0 Å². The summed E-state index contributed by atoms with van der Waals surface area (Å²) in [7, 11) is 2.52. The summed E-state index contributed by atoms with van der Waals surface area (Å²) in [4.78, 5) is 41.7. The molecule has 1 amide bonds. The molecular formula is C18H23I3N2O10. The molecule has 0 saturated heterocycles. The predicted molar refractivity (Wildman–Crippen MR) is 138 cm³/mol. The fourth-order valence-corrected chi connectivity index (χ4v) is 6.95. The molecule has 1 rings (SSSR count). The molecule has 1 aromatic rings. The number of hydrogen-bond acceptors (Lipinski definition) is 10. The maximum atomic E-state index is 12.7. The highest BCUT2D eigenvalue weighted by molar-refractivity contribution is 14.1. The average molecular weight is 808 g/mol. The summed E-state index contributed by atoms with van der Waals surface area (Å²) in [5, 5.41) is 62.5. The van der Waals surface area contributed by atoms with Crippen LogP contribution in [0.2, 0.25) is 0 Å². The van der Waals surface area contributed by atoms with Crippen molar-refractivity contribution in [2.24, 2.45) is 0 Å². The average Bonchev–Trinajstić information content (AvgIpc) is 2.71. The van der Waals surface area contributed by atoms with Gasteiger partial charge in [-0.05, 0) is 80.9 Å². The Morgan fingerprint density at radius 1 is 1.15 bits per heavy atom. The van der Waals surface area contributed by atoms with Gasteiger partial charge in [-0.25, -0.2) is 9.59 Å². The Balaban J connectivity index is 3.05. The lowest BCUT2D eigenvalue weighted by molar-refractivity contribution is -0.189. The van der Waals surface area contributed by atoms with E-state index in [2.05, 4.69) is 5.32 Å². The molecule has 0 heterocycles. The Morgan fingerprint density at radius 3 is 2.18 bits per heavy atom. The van der Waals surface area contributed by atoms with Crippen molar-refractivity contribution in [3.63, 3.8) is 0 Å². The van der Waals surface area contributed by atoms with E-state index in [1.165, 1.54) is 13.1 Å². The van der Waals surface area contributed by atoms with Crippen molar-refractivity contribution in [1.29, 1.82) is 0 Å². The van der Waals surface area contributed by atoms with Gasteiger partial charge in [0.25, 0.3) is 5.91 Å². The second-order valence-corrected chi connectivity index (χ2v) is 10.4. The Morgan fingerprint density at radius 2 is 1.70 bits per heavy atom. The highest BCUT2D eigenvalue weighted by Crippen LogP contribution is 2.29.